The molecule has 0 radical (unpaired) electrons. The first kappa shape index (κ1) is 12.2. The Kier molecular flexibility index (Phi) is 6.24. The first-order chi connectivity index (χ1) is 6.20. The summed E-state index contributed by atoms with van der Waals surface area (Å²) >= 11 is 1.67. The van der Waals surface area contributed by atoms with Crippen molar-refractivity contribution in [1.82, 2.24) is 9.88 Å². The summed E-state index contributed by atoms with van der Waals surface area (Å²) in [5, 5.41) is 0. The van der Waals surface area contributed by atoms with E-state index < -0.39 is 0 Å². The molecule has 0 saturated carbocycles. The lowest BCUT2D eigenvalue weighted by molar-refractivity contribution is 0.418. The van der Waals surface area contributed by atoms with E-state index in [1.165, 1.54) is 4.88 Å². The third kappa shape index (κ3) is 4.68. The van der Waals surface area contributed by atoms with Gasteiger partial charge in [0.1, 0.15) is 0 Å². The van der Waals surface area contributed by atoms with Crippen LogP contribution in [-0.4, -0.2) is 16.9 Å². The lowest BCUT2D eigenvalue weighted by atomic mass is 10.4. The van der Waals surface area contributed by atoms with Gasteiger partial charge in [-0.05, 0) is 6.92 Å². The van der Waals surface area contributed by atoms with E-state index in [2.05, 4.69) is 16.5 Å². The van der Waals surface area contributed by atoms with Crippen LogP contribution in [-0.2, 0) is 6.54 Å². The summed E-state index contributed by atoms with van der Waals surface area (Å²) < 4.78 is 0. The molecule has 1 aromatic heterocycles. The van der Waals surface area contributed by atoms with Crippen molar-refractivity contribution >= 4 is 11.3 Å². The second-order valence-electron chi connectivity index (χ2n) is 2.56. The summed E-state index contributed by atoms with van der Waals surface area (Å²) in [5.74, 6) is 0. The van der Waals surface area contributed by atoms with Gasteiger partial charge in [-0.2, -0.15) is 0 Å². The SMILES string of the molecule is C=C(C)N(C)Cc1cncs1.CC. The van der Waals surface area contributed by atoms with Crippen LogP contribution in [0.2, 0.25) is 0 Å². The van der Waals surface area contributed by atoms with Gasteiger partial charge in [0.25, 0.3) is 0 Å². The molecule has 0 fully saturated rings. The highest BCUT2D eigenvalue weighted by atomic mass is 32.1. The normalized spacial score (nSPS) is 8.62. The topological polar surface area (TPSA) is 16.1 Å². The maximum absolute atomic E-state index is 4.00. The molecule has 0 atom stereocenters. The number of nitrogens with zero attached hydrogens (tertiary/aromatic N) is 2. The molecule has 0 bridgehead atoms. The Bertz CT molecular complexity index is 229. The fourth-order valence-corrected chi connectivity index (χ4v) is 1.34. The molecule has 0 aromatic carbocycles. The molecule has 0 aliphatic rings. The monoisotopic (exact) mass is 198 g/mol. The highest BCUT2D eigenvalue weighted by molar-refractivity contribution is 7.09. The van der Waals surface area contributed by atoms with Crippen molar-refractivity contribution in [1.29, 1.82) is 0 Å². The molecule has 1 aromatic rings. The van der Waals surface area contributed by atoms with Crippen LogP contribution in [0.5, 0.6) is 0 Å². The third-order valence-corrected chi connectivity index (χ3v) is 2.29. The summed E-state index contributed by atoms with van der Waals surface area (Å²) in [6, 6.07) is 0. The Morgan fingerprint density at radius 2 is 2.23 bits per heavy atom. The van der Waals surface area contributed by atoms with Gasteiger partial charge in [0.15, 0.2) is 0 Å². The second-order valence-corrected chi connectivity index (χ2v) is 3.53. The van der Waals surface area contributed by atoms with E-state index in [4.69, 9.17) is 0 Å². The van der Waals surface area contributed by atoms with Gasteiger partial charge in [0.2, 0.25) is 0 Å². The van der Waals surface area contributed by atoms with Crippen LogP contribution >= 0.6 is 11.3 Å². The maximum atomic E-state index is 4.00. The van der Waals surface area contributed by atoms with Gasteiger partial charge in [-0.15, -0.1) is 11.3 Å². The van der Waals surface area contributed by atoms with Gasteiger partial charge in [-0.1, -0.05) is 20.4 Å². The molecule has 0 unspecified atom stereocenters. The Balaban J connectivity index is 0.000000671. The number of hydrogen-bond donors (Lipinski definition) is 0. The smallest absolute Gasteiger partial charge is 0.0794 e. The van der Waals surface area contributed by atoms with Crippen LogP contribution in [0.25, 0.3) is 0 Å². The Labute approximate surface area is 84.9 Å². The van der Waals surface area contributed by atoms with E-state index in [-0.39, 0.29) is 0 Å². The summed E-state index contributed by atoms with van der Waals surface area (Å²) in [5.41, 5.74) is 2.93. The van der Waals surface area contributed by atoms with E-state index >= 15 is 0 Å². The van der Waals surface area contributed by atoms with Crippen LogP contribution in [0.1, 0.15) is 25.6 Å². The highest BCUT2D eigenvalue weighted by Crippen LogP contribution is 2.10. The van der Waals surface area contributed by atoms with Crippen molar-refractivity contribution < 1.29 is 0 Å². The first-order valence-corrected chi connectivity index (χ1v) is 5.32. The molecule has 0 aliphatic carbocycles. The molecule has 74 valence electrons. The second kappa shape index (κ2) is 6.66. The minimum atomic E-state index is 0.917. The minimum absolute atomic E-state index is 0.917. The van der Waals surface area contributed by atoms with Crippen molar-refractivity contribution in [3.63, 3.8) is 0 Å². The van der Waals surface area contributed by atoms with E-state index in [9.17, 15) is 0 Å². The lowest BCUT2D eigenvalue weighted by Gasteiger charge is -2.16. The molecule has 0 aliphatic heterocycles. The van der Waals surface area contributed by atoms with Crippen LogP contribution in [0.4, 0.5) is 0 Å². The lowest BCUT2D eigenvalue weighted by Crippen LogP contribution is -2.13. The zero-order valence-corrected chi connectivity index (χ0v) is 9.69. The maximum Gasteiger partial charge on any atom is 0.0794 e. The number of rotatable bonds is 3. The summed E-state index contributed by atoms with van der Waals surface area (Å²) in [6.07, 6.45) is 1.89. The predicted molar refractivity (Wildman–Crippen MR) is 59.7 cm³/mol. The van der Waals surface area contributed by atoms with Gasteiger partial charge in [-0.3, -0.25) is 4.98 Å². The fraction of sp³-hybridized carbons (Fsp3) is 0.500. The summed E-state index contributed by atoms with van der Waals surface area (Å²) in [7, 11) is 2.03. The molecule has 1 heterocycles. The molecule has 13 heavy (non-hydrogen) atoms. The van der Waals surface area contributed by atoms with Gasteiger partial charge in [0, 0.05) is 23.8 Å². The van der Waals surface area contributed by atoms with Crippen LogP contribution in [0.15, 0.2) is 24.0 Å². The van der Waals surface area contributed by atoms with E-state index in [1.807, 2.05) is 39.5 Å². The van der Waals surface area contributed by atoms with E-state index in [0.717, 1.165) is 12.2 Å². The third-order valence-electron chi connectivity index (χ3n) is 1.53. The standard InChI is InChI=1S/C8H12N2S.C2H6/c1-7(2)10(3)5-8-4-9-6-11-8;1-2/h4,6H,1,5H2,2-3H3;1-2H3. The van der Waals surface area contributed by atoms with E-state index in [1.54, 1.807) is 11.3 Å². The Morgan fingerprint density at radius 3 is 2.62 bits per heavy atom. The van der Waals surface area contributed by atoms with Gasteiger partial charge in [-0.25, -0.2) is 0 Å². The van der Waals surface area contributed by atoms with Crippen molar-refractivity contribution in [2.24, 2.45) is 0 Å². The fourth-order valence-electron chi connectivity index (χ4n) is 0.689. The summed E-state index contributed by atoms with van der Waals surface area (Å²) in [6.45, 7) is 10.8. The molecule has 2 nitrogen and oxygen atoms in total. The molecule has 0 amide bonds. The molecule has 0 spiro atoms. The number of aromatic nitrogens is 1. The largest absolute Gasteiger partial charge is 0.373 e. The molecule has 1 rings (SSSR count). The molecule has 0 saturated heterocycles. The van der Waals surface area contributed by atoms with Gasteiger partial charge in [0.05, 0.1) is 12.1 Å². The van der Waals surface area contributed by atoms with Gasteiger partial charge >= 0.3 is 0 Å². The molecular weight excluding hydrogens is 180 g/mol. The van der Waals surface area contributed by atoms with Crippen molar-refractivity contribution in [3.8, 4) is 0 Å². The molecular formula is C10H18N2S. The van der Waals surface area contributed by atoms with E-state index in [0.29, 0.717) is 0 Å². The summed E-state index contributed by atoms with van der Waals surface area (Å²) in [4.78, 5) is 7.38. The number of hydrogen-bond acceptors (Lipinski definition) is 3. The zero-order valence-electron chi connectivity index (χ0n) is 8.87. The average Bonchev–Trinajstić information content (AvgIpc) is 2.60. The van der Waals surface area contributed by atoms with Crippen molar-refractivity contribution in [3.05, 3.63) is 28.9 Å². The van der Waals surface area contributed by atoms with Crippen LogP contribution in [0.3, 0.4) is 0 Å². The minimum Gasteiger partial charge on any atom is -0.373 e. The predicted octanol–water partition coefficient (Wildman–Crippen LogP) is 3.13. The average molecular weight is 198 g/mol. The Hall–Kier alpha value is -0.830. The zero-order chi connectivity index (χ0) is 10.3. The van der Waals surface area contributed by atoms with Crippen molar-refractivity contribution in [2.45, 2.75) is 27.3 Å². The molecule has 3 heteroatoms. The number of thiazole rings is 1. The first-order valence-electron chi connectivity index (χ1n) is 4.44. The van der Waals surface area contributed by atoms with Gasteiger partial charge < -0.3 is 4.90 Å². The highest BCUT2D eigenvalue weighted by Gasteiger charge is 1.99. The van der Waals surface area contributed by atoms with Crippen LogP contribution < -0.4 is 0 Å². The van der Waals surface area contributed by atoms with Crippen LogP contribution in [0, 0.1) is 0 Å². The Morgan fingerprint density at radius 1 is 1.62 bits per heavy atom. The quantitative estimate of drug-likeness (QED) is 0.741. The van der Waals surface area contributed by atoms with Crippen molar-refractivity contribution in [2.75, 3.05) is 7.05 Å². The number of allylic oxidation sites excluding steroid dienone is 1. The molecule has 0 N–H and O–H groups in total.